The van der Waals surface area contributed by atoms with Crippen LogP contribution in [0.3, 0.4) is 0 Å². The highest BCUT2D eigenvalue weighted by molar-refractivity contribution is 5.64. The number of hydrogen-bond donors (Lipinski definition) is 0. The van der Waals surface area contributed by atoms with Crippen LogP contribution in [0.2, 0.25) is 0 Å². The molecule has 10 rings (SSSR count). The van der Waals surface area contributed by atoms with Crippen LogP contribution < -0.4 is 0 Å². The van der Waals surface area contributed by atoms with Crippen LogP contribution in [0.25, 0.3) is 44.5 Å². The lowest BCUT2D eigenvalue weighted by Gasteiger charge is -2.22. The van der Waals surface area contributed by atoms with E-state index in [-0.39, 0.29) is 0 Å². The van der Waals surface area contributed by atoms with Gasteiger partial charge in [0.15, 0.2) is 0 Å². The summed E-state index contributed by atoms with van der Waals surface area (Å²) in [6.45, 7) is 3.91. The minimum absolute atomic E-state index is 0.648. The fourth-order valence-corrected chi connectivity index (χ4v) is 8.76. The molecule has 0 amide bonds. The molecule has 0 saturated carbocycles. The Balaban J connectivity index is 0.825. The van der Waals surface area contributed by atoms with E-state index in [0.717, 1.165) is 103 Å². The number of benzene rings is 4. The summed E-state index contributed by atoms with van der Waals surface area (Å²) in [5, 5.41) is 0. The zero-order valence-electron chi connectivity index (χ0n) is 39.2. The number of aromatic nitrogens is 6. The molecule has 8 heteroatoms. The largest absolute Gasteiger partial charge is 0.286 e. The van der Waals surface area contributed by atoms with Crippen LogP contribution in [0.5, 0.6) is 0 Å². The van der Waals surface area contributed by atoms with Crippen LogP contribution >= 0.6 is 0 Å². The molecule has 0 aliphatic heterocycles. The number of pyridine rings is 6. The lowest BCUT2D eigenvalue weighted by atomic mass is 10.1. The van der Waals surface area contributed by atoms with E-state index in [9.17, 15) is 0 Å². The highest BCUT2D eigenvalue weighted by Crippen LogP contribution is 2.24. The molecule has 0 N–H and O–H groups in total. The molecule has 0 unspecified atom stereocenters. The molecule has 0 aliphatic rings. The third-order valence-corrected chi connectivity index (χ3v) is 12.4. The quantitative estimate of drug-likeness (QED) is 0.0793. The molecule has 0 fully saturated rings. The molecule has 0 atom stereocenters. The summed E-state index contributed by atoms with van der Waals surface area (Å²) in [6, 6.07) is 71.4. The van der Waals surface area contributed by atoms with Gasteiger partial charge in [-0.25, -0.2) is 0 Å². The Hall–Kier alpha value is -8.30. The van der Waals surface area contributed by atoms with E-state index in [2.05, 4.69) is 192 Å². The predicted molar refractivity (Wildman–Crippen MR) is 280 cm³/mol. The van der Waals surface area contributed by atoms with Crippen molar-refractivity contribution >= 4 is 0 Å². The summed E-state index contributed by atoms with van der Waals surface area (Å²) in [5.74, 6) is 0. The molecule has 4 aromatic carbocycles. The van der Waals surface area contributed by atoms with Gasteiger partial charge in [0.25, 0.3) is 0 Å². The molecule has 8 nitrogen and oxygen atoms in total. The van der Waals surface area contributed by atoms with Crippen LogP contribution in [0.15, 0.2) is 231 Å². The van der Waals surface area contributed by atoms with E-state index in [4.69, 9.17) is 29.9 Å². The highest BCUT2D eigenvalue weighted by Gasteiger charge is 2.15. The Morgan fingerprint density at radius 1 is 0.214 bits per heavy atom. The van der Waals surface area contributed by atoms with Crippen molar-refractivity contribution < 1.29 is 0 Å². The fourth-order valence-electron chi connectivity index (χ4n) is 8.76. The summed E-state index contributed by atoms with van der Waals surface area (Å²) < 4.78 is 0. The maximum atomic E-state index is 5.20. The fraction of sp³-hybridized carbons (Fsp3) is 0.129. The molecule has 10 aromatic rings. The maximum Gasteiger partial charge on any atom is 0.0547 e. The van der Waals surface area contributed by atoms with Crippen LogP contribution in [0.4, 0.5) is 0 Å². The van der Waals surface area contributed by atoms with Crippen molar-refractivity contribution in [2.75, 3.05) is 0 Å². The Morgan fingerprint density at radius 3 is 0.729 bits per heavy atom. The smallest absolute Gasteiger partial charge is 0.0547 e. The monoisotopic (exact) mass is 910 g/mol. The summed E-state index contributed by atoms with van der Waals surface area (Å²) in [6.07, 6.45) is 9.43. The van der Waals surface area contributed by atoms with Gasteiger partial charge in [0.2, 0.25) is 0 Å². The van der Waals surface area contributed by atoms with Gasteiger partial charge in [0.1, 0.15) is 0 Å². The minimum Gasteiger partial charge on any atom is -0.286 e. The Bertz CT molecular complexity index is 2780. The first-order chi connectivity index (χ1) is 34.6. The highest BCUT2D eigenvalue weighted by atomic mass is 15.2. The summed E-state index contributed by atoms with van der Waals surface area (Å²) in [5.41, 5.74) is 17.1. The van der Waals surface area contributed by atoms with Gasteiger partial charge in [-0.2, -0.15) is 0 Å². The topological polar surface area (TPSA) is 83.8 Å². The Kier molecular flexibility index (Phi) is 14.7. The number of nitrogens with zero attached hydrogens (tertiary/aromatic N) is 8. The second-order valence-corrected chi connectivity index (χ2v) is 17.6. The number of hydrogen-bond acceptors (Lipinski definition) is 8. The van der Waals surface area contributed by atoms with Crippen molar-refractivity contribution in [2.45, 2.75) is 52.1 Å². The SMILES string of the molecule is c1ccc(-c2ccc(CN(Cc3ccc(-c4ccccc4)cn3)Cc3cccc(CCc4cccc(CN(Cc5ccc(-c6ccccc6)cn5)Cc5ccc(-c6ccccc6)cn5)n4)n3)nc2)cc1. The number of aryl methyl sites for hydroxylation is 2. The second kappa shape index (κ2) is 22.7. The van der Waals surface area contributed by atoms with Gasteiger partial charge in [-0.15, -0.1) is 0 Å². The van der Waals surface area contributed by atoms with E-state index < -0.39 is 0 Å². The molecule has 6 aromatic heterocycles. The summed E-state index contributed by atoms with van der Waals surface area (Å²) in [7, 11) is 0. The van der Waals surface area contributed by atoms with Crippen molar-refractivity contribution in [2.24, 2.45) is 0 Å². The van der Waals surface area contributed by atoms with E-state index in [1.807, 2.05) is 49.1 Å². The van der Waals surface area contributed by atoms with Crippen LogP contribution in [0.1, 0.15) is 45.6 Å². The Labute approximate surface area is 411 Å². The van der Waals surface area contributed by atoms with E-state index in [0.29, 0.717) is 39.3 Å². The van der Waals surface area contributed by atoms with Gasteiger partial charge in [-0.05, 0) is 83.6 Å². The molecule has 0 saturated heterocycles. The van der Waals surface area contributed by atoms with Crippen molar-refractivity contribution in [1.29, 1.82) is 0 Å². The van der Waals surface area contributed by atoms with Gasteiger partial charge in [-0.3, -0.25) is 39.7 Å². The van der Waals surface area contributed by atoms with Gasteiger partial charge in [-0.1, -0.05) is 158 Å². The molecular weight excluding hydrogens is 857 g/mol. The third-order valence-electron chi connectivity index (χ3n) is 12.4. The lowest BCUT2D eigenvalue weighted by molar-refractivity contribution is 0.238. The third kappa shape index (κ3) is 12.4. The summed E-state index contributed by atoms with van der Waals surface area (Å²) >= 11 is 0. The normalized spacial score (nSPS) is 11.3. The van der Waals surface area contributed by atoms with Crippen molar-refractivity contribution in [3.8, 4) is 44.5 Å². The van der Waals surface area contributed by atoms with Gasteiger partial charge in [0, 0.05) is 97.7 Å². The van der Waals surface area contributed by atoms with Gasteiger partial charge in [0.05, 0.1) is 34.2 Å². The van der Waals surface area contributed by atoms with Gasteiger partial charge < -0.3 is 0 Å². The van der Waals surface area contributed by atoms with Crippen LogP contribution in [0, 0.1) is 0 Å². The van der Waals surface area contributed by atoms with Crippen molar-refractivity contribution in [3.63, 3.8) is 0 Å². The van der Waals surface area contributed by atoms with Crippen molar-refractivity contribution in [3.05, 3.63) is 277 Å². The zero-order valence-corrected chi connectivity index (χ0v) is 39.2. The second-order valence-electron chi connectivity index (χ2n) is 17.6. The molecule has 342 valence electrons. The first-order valence-electron chi connectivity index (χ1n) is 24.0. The van der Waals surface area contributed by atoms with Crippen LogP contribution in [-0.4, -0.2) is 39.7 Å². The molecule has 0 radical (unpaired) electrons. The lowest BCUT2D eigenvalue weighted by Crippen LogP contribution is -2.24. The van der Waals surface area contributed by atoms with E-state index in [1.165, 1.54) is 0 Å². The molecule has 6 heterocycles. The van der Waals surface area contributed by atoms with Crippen molar-refractivity contribution in [1.82, 2.24) is 39.7 Å². The molecule has 70 heavy (non-hydrogen) atoms. The van der Waals surface area contributed by atoms with E-state index in [1.54, 1.807) is 0 Å². The molecule has 0 bridgehead atoms. The minimum atomic E-state index is 0.648. The Morgan fingerprint density at radius 2 is 0.471 bits per heavy atom. The van der Waals surface area contributed by atoms with Gasteiger partial charge >= 0.3 is 0 Å². The first-order valence-corrected chi connectivity index (χ1v) is 24.0. The zero-order chi connectivity index (χ0) is 47.2. The average Bonchev–Trinajstić information content (AvgIpc) is 3.42. The molecular formula is C62H54N8. The molecule has 0 spiro atoms. The molecule has 0 aliphatic carbocycles. The number of rotatable bonds is 19. The predicted octanol–water partition coefficient (Wildman–Crippen LogP) is 12.9. The first kappa shape index (κ1) is 45.5. The maximum absolute atomic E-state index is 5.20. The average molecular weight is 911 g/mol. The summed E-state index contributed by atoms with van der Waals surface area (Å²) in [4.78, 5) is 34.8. The van der Waals surface area contributed by atoms with Crippen LogP contribution in [-0.2, 0) is 52.1 Å². The van der Waals surface area contributed by atoms with E-state index >= 15 is 0 Å². The standard InChI is InChI=1S/C62H54N8/c1-5-15-47(16-6-1)51-27-31-57(63-37-51)41-69(42-58-32-28-52(38-64-58)48-17-7-2-8-18-48)45-61-25-13-23-55(67-61)35-36-56-24-14-26-62(68-56)46-70(43-59-33-29-53(39-65-59)49-19-9-3-10-20-49)44-60-34-30-54(40-66-60)50-21-11-4-12-22-50/h1-34,37-40H,35-36,41-46H2.